The molecule has 0 bridgehead atoms. The van der Waals surface area contributed by atoms with Crippen molar-refractivity contribution in [1.82, 2.24) is 20.3 Å². The van der Waals surface area contributed by atoms with Crippen molar-refractivity contribution < 1.29 is 13.2 Å². The summed E-state index contributed by atoms with van der Waals surface area (Å²) in [7, 11) is 0. The van der Waals surface area contributed by atoms with Crippen molar-refractivity contribution in [2.75, 3.05) is 0 Å². The summed E-state index contributed by atoms with van der Waals surface area (Å²) >= 11 is 0. The lowest BCUT2D eigenvalue weighted by Crippen LogP contribution is -2.21. The highest BCUT2D eigenvalue weighted by Crippen LogP contribution is 2.16. The Kier molecular flexibility index (Phi) is 3.84. The summed E-state index contributed by atoms with van der Waals surface area (Å²) in [5, 5.41) is 10.7. The summed E-state index contributed by atoms with van der Waals surface area (Å²) in [6.45, 7) is 4.45. The Morgan fingerprint density at radius 3 is 2.42 bits per heavy atom. The maximum Gasteiger partial charge on any atom is 0.194 e. The fraction of sp³-hybridized carbons (Fsp3) is 0.333. The van der Waals surface area contributed by atoms with Crippen LogP contribution in [0.2, 0.25) is 0 Å². The first-order valence-electron chi connectivity index (χ1n) is 5.77. The van der Waals surface area contributed by atoms with E-state index in [2.05, 4.69) is 15.6 Å². The molecule has 2 rings (SSSR count). The van der Waals surface area contributed by atoms with Crippen LogP contribution < -0.4 is 5.32 Å². The molecule has 1 heterocycles. The lowest BCUT2D eigenvalue weighted by Gasteiger charge is -2.04. The van der Waals surface area contributed by atoms with Crippen LogP contribution in [0, 0.1) is 17.5 Å². The van der Waals surface area contributed by atoms with Crippen LogP contribution in [0.25, 0.3) is 5.69 Å². The maximum absolute atomic E-state index is 13.1. The first-order chi connectivity index (χ1) is 8.97. The number of rotatable bonds is 4. The van der Waals surface area contributed by atoms with Gasteiger partial charge in [0.25, 0.3) is 0 Å². The van der Waals surface area contributed by atoms with Crippen LogP contribution in [0.1, 0.15) is 19.5 Å². The second kappa shape index (κ2) is 5.40. The summed E-state index contributed by atoms with van der Waals surface area (Å²) in [6.07, 6.45) is 1.53. The minimum Gasteiger partial charge on any atom is -0.309 e. The average Bonchev–Trinajstić information content (AvgIpc) is 2.81. The molecule has 0 fully saturated rings. The Balaban J connectivity index is 2.23. The van der Waals surface area contributed by atoms with E-state index in [1.807, 2.05) is 13.8 Å². The Bertz CT molecular complexity index is 557. The molecule has 7 heteroatoms. The first-order valence-corrected chi connectivity index (χ1v) is 5.77. The predicted molar refractivity (Wildman–Crippen MR) is 63.2 cm³/mol. The standard InChI is InChI=1S/C12H13F3N4/c1-7(2)16-5-8-6-19(18-17-8)9-3-10(13)12(15)11(14)4-9/h3-4,6-7,16H,5H2,1-2H3. The van der Waals surface area contributed by atoms with Crippen LogP contribution in [0.4, 0.5) is 13.2 Å². The quantitative estimate of drug-likeness (QED) is 0.866. The molecule has 0 aliphatic carbocycles. The Hall–Kier alpha value is -1.89. The van der Waals surface area contributed by atoms with Crippen molar-refractivity contribution in [2.45, 2.75) is 26.4 Å². The first kappa shape index (κ1) is 13.5. The van der Waals surface area contributed by atoms with Gasteiger partial charge in [0.1, 0.15) is 0 Å². The van der Waals surface area contributed by atoms with E-state index in [1.54, 1.807) is 0 Å². The molecule has 0 amide bonds. The number of benzene rings is 1. The molecule has 1 aromatic carbocycles. The number of nitrogens with one attached hydrogen (secondary N) is 1. The van der Waals surface area contributed by atoms with E-state index in [0.717, 1.165) is 12.1 Å². The molecule has 0 spiro atoms. The molecule has 0 saturated heterocycles. The fourth-order valence-corrected chi connectivity index (χ4v) is 1.49. The van der Waals surface area contributed by atoms with Gasteiger partial charge in [-0.1, -0.05) is 19.1 Å². The van der Waals surface area contributed by atoms with Crippen molar-refractivity contribution in [2.24, 2.45) is 0 Å². The maximum atomic E-state index is 13.1. The summed E-state index contributed by atoms with van der Waals surface area (Å²) in [5.74, 6) is -4.01. The minimum absolute atomic E-state index is 0.0831. The molecular weight excluding hydrogens is 257 g/mol. The number of nitrogens with zero attached hydrogens (tertiary/aromatic N) is 3. The molecule has 0 saturated carbocycles. The van der Waals surface area contributed by atoms with Crippen LogP contribution in [-0.4, -0.2) is 21.0 Å². The smallest absolute Gasteiger partial charge is 0.194 e. The van der Waals surface area contributed by atoms with Gasteiger partial charge in [0.05, 0.1) is 17.6 Å². The van der Waals surface area contributed by atoms with Gasteiger partial charge in [-0.15, -0.1) is 5.10 Å². The van der Waals surface area contributed by atoms with Gasteiger partial charge in [-0.05, 0) is 0 Å². The lowest BCUT2D eigenvalue weighted by molar-refractivity contribution is 0.446. The lowest BCUT2D eigenvalue weighted by atomic mass is 10.3. The highest BCUT2D eigenvalue weighted by molar-refractivity contribution is 5.32. The molecule has 0 aliphatic heterocycles. The molecule has 0 aliphatic rings. The predicted octanol–water partition coefficient (Wildman–Crippen LogP) is 2.18. The SMILES string of the molecule is CC(C)NCc1cn(-c2cc(F)c(F)c(F)c2)nn1. The zero-order valence-electron chi connectivity index (χ0n) is 10.5. The molecule has 4 nitrogen and oxygen atoms in total. The molecule has 0 unspecified atom stereocenters. The van der Waals surface area contributed by atoms with Gasteiger partial charge in [0.2, 0.25) is 0 Å². The topological polar surface area (TPSA) is 42.7 Å². The zero-order valence-corrected chi connectivity index (χ0v) is 10.5. The van der Waals surface area contributed by atoms with Crippen LogP contribution in [0.5, 0.6) is 0 Å². The molecule has 102 valence electrons. The van der Waals surface area contributed by atoms with Crippen LogP contribution in [0.15, 0.2) is 18.3 Å². The molecule has 2 aromatic rings. The second-order valence-corrected chi connectivity index (χ2v) is 4.41. The third-order valence-corrected chi connectivity index (χ3v) is 2.47. The number of hydrogen-bond acceptors (Lipinski definition) is 3. The molecule has 0 radical (unpaired) electrons. The van der Waals surface area contributed by atoms with E-state index in [0.29, 0.717) is 12.2 Å². The summed E-state index contributed by atoms with van der Waals surface area (Å²) in [4.78, 5) is 0. The third-order valence-electron chi connectivity index (χ3n) is 2.47. The Labute approximate surface area is 108 Å². The monoisotopic (exact) mass is 270 g/mol. The second-order valence-electron chi connectivity index (χ2n) is 4.41. The normalized spacial score (nSPS) is 11.3. The molecule has 1 aromatic heterocycles. The van der Waals surface area contributed by atoms with Crippen molar-refractivity contribution in [1.29, 1.82) is 0 Å². The summed E-state index contributed by atoms with van der Waals surface area (Å²) < 4.78 is 40.2. The Morgan fingerprint density at radius 2 is 1.84 bits per heavy atom. The van der Waals surface area contributed by atoms with Crippen LogP contribution >= 0.6 is 0 Å². The number of halogens is 3. The number of aromatic nitrogens is 3. The van der Waals surface area contributed by atoms with E-state index < -0.39 is 17.5 Å². The molecular formula is C12H13F3N4. The molecule has 19 heavy (non-hydrogen) atoms. The van der Waals surface area contributed by atoms with Gasteiger partial charge in [0, 0.05) is 24.7 Å². The van der Waals surface area contributed by atoms with Crippen molar-refractivity contribution in [3.63, 3.8) is 0 Å². The van der Waals surface area contributed by atoms with Gasteiger partial charge in [0.15, 0.2) is 17.5 Å². The third kappa shape index (κ3) is 3.11. The van der Waals surface area contributed by atoms with Gasteiger partial charge < -0.3 is 5.32 Å². The van der Waals surface area contributed by atoms with Crippen molar-refractivity contribution >= 4 is 0 Å². The van der Waals surface area contributed by atoms with E-state index in [4.69, 9.17) is 0 Å². The van der Waals surface area contributed by atoms with Gasteiger partial charge in [-0.3, -0.25) is 0 Å². The average molecular weight is 270 g/mol. The zero-order chi connectivity index (χ0) is 14.0. The summed E-state index contributed by atoms with van der Waals surface area (Å²) in [6, 6.07) is 2.02. The van der Waals surface area contributed by atoms with E-state index in [9.17, 15) is 13.2 Å². The highest BCUT2D eigenvalue weighted by Gasteiger charge is 2.12. The van der Waals surface area contributed by atoms with Gasteiger partial charge in [-0.2, -0.15) is 0 Å². The van der Waals surface area contributed by atoms with Crippen LogP contribution in [-0.2, 0) is 6.54 Å². The van der Waals surface area contributed by atoms with Crippen molar-refractivity contribution in [3.8, 4) is 5.69 Å². The fourth-order valence-electron chi connectivity index (χ4n) is 1.49. The summed E-state index contributed by atoms with van der Waals surface area (Å²) in [5.41, 5.74) is 0.707. The van der Waals surface area contributed by atoms with Crippen LogP contribution in [0.3, 0.4) is 0 Å². The highest BCUT2D eigenvalue weighted by atomic mass is 19.2. The Morgan fingerprint density at radius 1 is 1.21 bits per heavy atom. The number of hydrogen-bond donors (Lipinski definition) is 1. The van der Waals surface area contributed by atoms with Gasteiger partial charge in [-0.25, -0.2) is 17.9 Å². The largest absolute Gasteiger partial charge is 0.309 e. The van der Waals surface area contributed by atoms with Gasteiger partial charge >= 0.3 is 0 Å². The van der Waals surface area contributed by atoms with E-state index >= 15 is 0 Å². The van der Waals surface area contributed by atoms with E-state index in [1.165, 1.54) is 10.9 Å². The molecule has 0 atom stereocenters. The van der Waals surface area contributed by atoms with E-state index in [-0.39, 0.29) is 11.7 Å². The van der Waals surface area contributed by atoms with Crippen molar-refractivity contribution in [3.05, 3.63) is 41.5 Å². The molecule has 1 N–H and O–H groups in total. The minimum atomic E-state index is -1.49.